The van der Waals surface area contributed by atoms with Crippen molar-refractivity contribution in [3.8, 4) is 5.75 Å². The van der Waals surface area contributed by atoms with Gasteiger partial charge in [0.05, 0.1) is 0 Å². The maximum absolute atomic E-state index is 11.2. The van der Waals surface area contributed by atoms with Gasteiger partial charge in [-0.3, -0.25) is 4.79 Å². The van der Waals surface area contributed by atoms with Crippen LogP contribution in [0.5, 0.6) is 5.75 Å². The first-order valence-electron chi connectivity index (χ1n) is 4.79. The smallest absolute Gasteiger partial charge is 0.311 e. The van der Waals surface area contributed by atoms with E-state index >= 15 is 0 Å². The Morgan fingerprint density at radius 2 is 1.93 bits per heavy atom. The van der Waals surface area contributed by atoms with Crippen LogP contribution in [0.4, 0.5) is 0 Å². The molecule has 0 amide bonds. The number of rotatable bonds is 5. The molecule has 0 aromatic heterocycles. The van der Waals surface area contributed by atoms with Crippen LogP contribution in [0.2, 0.25) is 5.02 Å². The maximum Gasteiger partial charge on any atom is 0.311 e. The summed E-state index contributed by atoms with van der Waals surface area (Å²) in [6.45, 7) is 0.105. The van der Waals surface area contributed by atoms with Gasteiger partial charge in [0, 0.05) is 18.1 Å². The topological polar surface area (TPSA) is 46.5 Å². The summed E-state index contributed by atoms with van der Waals surface area (Å²) in [5, 5.41) is 9.14. The Kier molecular flexibility index (Phi) is 5.15. The molecule has 0 radical (unpaired) electrons. The molecule has 82 valence electrons. The molecule has 1 rings (SSSR count). The minimum atomic E-state index is -0.286. The molecule has 0 aliphatic rings. The van der Waals surface area contributed by atoms with Gasteiger partial charge >= 0.3 is 5.97 Å². The minimum Gasteiger partial charge on any atom is -0.427 e. The number of ether oxygens (including phenoxy) is 1. The van der Waals surface area contributed by atoms with E-state index in [2.05, 4.69) is 0 Å². The van der Waals surface area contributed by atoms with Crippen LogP contribution in [-0.2, 0) is 4.79 Å². The summed E-state index contributed by atoms with van der Waals surface area (Å²) < 4.78 is 5.04. The number of halogens is 1. The zero-order chi connectivity index (χ0) is 11.1. The second kappa shape index (κ2) is 6.43. The van der Waals surface area contributed by atoms with Crippen molar-refractivity contribution in [3.63, 3.8) is 0 Å². The van der Waals surface area contributed by atoms with Crippen molar-refractivity contribution >= 4 is 17.6 Å². The van der Waals surface area contributed by atoms with Crippen molar-refractivity contribution < 1.29 is 14.6 Å². The van der Waals surface area contributed by atoms with E-state index in [0.29, 0.717) is 30.0 Å². The average molecular weight is 229 g/mol. The second-order valence-electron chi connectivity index (χ2n) is 3.11. The lowest BCUT2D eigenvalue weighted by molar-refractivity contribution is -0.134. The van der Waals surface area contributed by atoms with E-state index in [1.807, 2.05) is 0 Å². The zero-order valence-electron chi connectivity index (χ0n) is 8.28. The van der Waals surface area contributed by atoms with E-state index < -0.39 is 0 Å². The number of carbonyl (C=O) groups is 1. The average Bonchev–Trinajstić information content (AvgIpc) is 2.22. The van der Waals surface area contributed by atoms with Crippen molar-refractivity contribution in [1.29, 1.82) is 0 Å². The Morgan fingerprint density at radius 1 is 1.27 bits per heavy atom. The van der Waals surface area contributed by atoms with Gasteiger partial charge in [-0.1, -0.05) is 11.6 Å². The number of aliphatic hydroxyl groups is 1. The molecule has 0 saturated carbocycles. The van der Waals surface area contributed by atoms with Gasteiger partial charge in [0.25, 0.3) is 0 Å². The summed E-state index contributed by atoms with van der Waals surface area (Å²) in [7, 11) is 0. The third-order valence-corrected chi connectivity index (χ3v) is 2.09. The lowest BCUT2D eigenvalue weighted by atomic mass is 10.2. The highest BCUT2D eigenvalue weighted by Gasteiger charge is 2.03. The highest BCUT2D eigenvalue weighted by atomic mass is 35.5. The van der Waals surface area contributed by atoms with E-state index in [9.17, 15) is 4.79 Å². The summed E-state index contributed by atoms with van der Waals surface area (Å²) in [6, 6.07) is 6.62. The van der Waals surface area contributed by atoms with Crippen molar-refractivity contribution in [2.75, 3.05) is 6.61 Å². The fourth-order valence-electron chi connectivity index (χ4n) is 1.07. The van der Waals surface area contributed by atoms with Gasteiger partial charge in [0.15, 0.2) is 0 Å². The molecule has 0 fully saturated rings. The molecule has 0 aliphatic carbocycles. The van der Waals surface area contributed by atoms with E-state index in [-0.39, 0.29) is 12.6 Å². The number of unbranched alkanes of at least 4 members (excludes halogenated alkanes) is 1. The molecule has 0 aliphatic heterocycles. The molecule has 1 aromatic carbocycles. The third-order valence-electron chi connectivity index (χ3n) is 1.83. The predicted molar refractivity (Wildman–Crippen MR) is 58.0 cm³/mol. The molecule has 1 N–H and O–H groups in total. The Hall–Kier alpha value is -1.06. The molecular formula is C11H13ClO3. The van der Waals surface area contributed by atoms with E-state index in [0.717, 1.165) is 0 Å². The number of esters is 1. The number of hydrogen-bond donors (Lipinski definition) is 1. The largest absolute Gasteiger partial charge is 0.427 e. The minimum absolute atomic E-state index is 0.105. The Bertz CT molecular complexity index is 308. The first kappa shape index (κ1) is 12.0. The van der Waals surface area contributed by atoms with Crippen molar-refractivity contribution in [2.24, 2.45) is 0 Å². The molecule has 4 heteroatoms. The zero-order valence-corrected chi connectivity index (χ0v) is 9.04. The van der Waals surface area contributed by atoms with Crippen LogP contribution in [0.1, 0.15) is 19.3 Å². The summed E-state index contributed by atoms with van der Waals surface area (Å²) in [6.07, 6.45) is 1.59. The van der Waals surface area contributed by atoms with Crippen molar-refractivity contribution in [2.45, 2.75) is 19.3 Å². The molecule has 0 bridgehead atoms. The molecule has 1 aromatic rings. The van der Waals surface area contributed by atoms with Crippen LogP contribution in [0.15, 0.2) is 24.3 Å². The molecule has 3 nitrogen and oxygen atoms in total. The first-order chi connectivity index (χ1) is 7.22. The van der Waals surface area contributed by atoms with E-state index in [1.165, 1.54) is 0 Å². The van der Waals surface area contributed by atoms with Gasteiger partial charge in [0.1, 0.15) is 5.75 Å². The molecule has 0 spiro atoms. The Labute approximate surface area is 93.6 Å². The van der Waals surface area contributed by atoms with Crippen LogP contribution >= 0.6 is 11.6 Å². The van der Waals surface area contributed by atoms with Gasteiger partial charge in [-0.2, -0.15) is 0 Å². The number of aliphatic hydroxyl groups excluding tert-OH is 1. The molecule has 0 heterocycles. The summed E-state index contributed by atoms with van der Waals surface area (Å²) in [4.78, 5) is 11.2. The summed E-state index contributed by atoms with van der Waals surface area (Å²) in [5.74, 6) is 0.208. The molecular weight excluding hydrogens is 216 g/mol. The van der Waals surface area contributed by atoms with Crippen molar-refractivity contribution in [1.82, 2.24) is 0 Å². The Morgan fingerprint density at radius 3 is 2.53 bits per heavy atom. The van der Waals surface area contributed by atoms with E-state index in [1.54, 1.807) is 24.3 Å². The summed E-state index contributed by atoms with van der Waals surface area (Å²) >= 11 is 5.68. The monoisotopic (exact) mass is 228 g/mol. The van der Waals surface area contributed by atoms with Crippen LogP contribution in [0.25, 0.3) is 0 Å². The van der Waals surface area contributed by atoms with Crippen molar-refractivity contribution in [3.05, 3.63) is 29.3 Å². The molecule has 15 heavy (non-hydrogen) atoms. The van der Waals surface area contributed by atoms with Gasteiger partial charge in [0.2, 0.25) is 0 Å². The molecule has 0 unspecified atom stereocenters. The van der Waals surface area contributed by atoms with Crippen LogP contribution in [0, 0.1) is 0 Å². The molecule has 0 saturated heterocycles. The van der Waals surface area contributed by atoms with Crippen LogP contribution < -0.4 is 4.74 Å². The van der Waals surface area contributed by atoms with Gasteiger partial charge in [-0.15, -0.1) is 0 Å². The third kappa shape index (κ3) is 4.81. The maximum atomic E-state index is 11.2. The lowest BCUT2D eigenvalue weighted by Crippen LogP contribution is -2.07. The predicted octanol–water partition coefficient (Wildman–Crippen LogP) is 2.41. The standard InChI is InChI=1S/C11H13ClO3/c12-9-4-6-10(7-5-9)15-11(14)3-1-2-8-13/h4-7,13H,1-3,8H2. The summed E-state index contributed by atoms with van der Waals surface area (Å²) in [5.41, 5.74) is 0. The fraction of sp³-hybridized carbons (Fsp3) is 0.364. The van der Waals surface area contributed by atoms with Gasteiger partial charge < -0.3 is 9.84 Å². The highest BCUT2D eigenvalue weighted by molar-refractivity contribution is 6.30. The lowest BCUT2D eigenvalue weighted by Gasteiger charge is -2.03. The van der Waals surface area contributed by atoms with Crippen LogP contribution in [-0.4, -0.2) is 17.7 Å². The quantitative estimate of drug-likeness (QED) is 0.478. The van der Waals surface area contributed by atoms with Gasteiger partial charge in [-0.25, -0.2) is 0 Å². The SMILES string of the molecule is O=C(CCCCO)Oc1ccc(Cl)cc1. The Balaban J connectivity index is 2.34. The second-order valence-corrected chi connectivity index (χ2v) is 3.55. The fourth-order valence-corrected chi connectivity index (χ4v) is 1.19. The highest BCUT2D eigenvalue weighted by Crippen LogP contribution is 2.16. The normalized spacial score (nSPS) is 10.0. The first-order valence-corrected chi connectivity index (χ1v) is 5.17. The van der Waals surface area contributed by atoms with Gasteiger partial charge in [-0.05, 0) is 37.1 Å². The number of hydrogen-bond acceptors (Lipinski definition) is 3. The number of benzene rings is 1. The number of carbonyl (C=O) groups excluding carboxylic acids is 1. The van der Waals surface area contributed by atoms with Crippen LogP contribution in [0.3, 0.4) is 0 Å². The van der Waals surface area contributed by atoms with E-state index in [4.69, 9.17) is 21.4 Å². The molecule has 0 atom stereocenters.